The van der Waals surface area contributed by atoms with Crippen LogP contribution >= 0.6 is 23.5 Å². The highest BCUT2D eigenvalue weighted by molar-refractivity contribution is 8.15. The summed E-state index contributed by atoms with van der Waals surface area (Å²) in [6.45, 7) is 1.80. The second-order valence-electron chi connectivity index (χ2n) is 9.07. The maximum absolute atomic E-state index is 4.85. The van der Waals surface area contributed by atoms with Gasteiger partial charge in [0.05, 0.1) is 22.1 Å². The number of aromatic nitrogens is 4. The average Bonchev–Trinajstić information content (AvgIpc) is 3.50. The van der Waals surface area contributed by atoms with Gasteiger partial charge in [-0.15, -0.1) is 23.5 Å². The van der Waals surface area contributed by atoms with Crippen LogP contribution in [0.1, 0.15) is 0 Å². The Bertz CT molecular complexity index is 1520. The summed E-state index contributed by atoms with van der Waals surface area (Å²) in [5, 5.41) is 8.04. The van der Waals surface area contributed by atoms with Crippen LogP contribution in [-0.2, 0) is 13.1 Å². The van der Waals surface area contributed by atoms with Crippen LogP contribution in [0.25, 0.3) is 22.1 Å². The lowest BCUT2D eigenvalue weighted by Crippen LogP contribution is -2.07. The van der Waals surface area contributed by atoms with E-state index in [-0.39, 0.29) is 0 Å². The first kappa shape index (κ1) is 25.4. The lowest BCUT2D eigenvalue weighted by Gasteiger charge is -2.12. The van der Waals surface area contributed by atoms with E-state index in [4.69, 9.17) is 9.97 Å². The lowest BCUT2D eigenvalue weighted by molar-refractivity contribution is 0.806. The number of anilines is 4. The monoisotopic (exact) mass is 550 g/mol. The second-order valence-corrected chi connectivity index (χ2v) is 11.6. The molecule has 0 bridgehead atoms. The summed E-state index contributed by atoms with van der Waals surface area (Å²) >= 11 is 3.94. The summed E-state index contributed by atoms with van der Waals surface area (Å²) in [5.74, 6) is 3.82. The van der Waals surface area contributed by atoms with Gasteiger partial charge in [0.25, 0.3) is 0 Å². The van der Waals surface area contributed by atoms with Crippen molar-refractivity contribution in [3.8, 4) is 0 Å². The number of hydrogen-bond donors (Lipinski definition) is 2. The van der Waals surface area contributed by atoms with Gasteiger partial charge in [0.1, 0.15) is 0 Å². The Labute approximate surface area is 236 Å². The zero-order valence-corrected chi connectivity index (χ0v) is 23.2. The zero-order valence-electron chi connectivity index (χ0n) is 21.5. The van der Waals surface area contributed by atoms with Crippen LogP contribution in [0, 0.1) is 0 Å². The van der Waals surface area contributed by atoms with Gasteiger partial charge in [0, 0.05) is 41.1 Å². The van der Waals surface area contributed by atoms with Crippen molar-refractivity contribution in [2.24, 2.45) is 0 Å². The summed E-state index contributed by atoms with van der Waals surface area (Å²) in [6.07, 6.45) is 0. The van der Waals surface area contributed by atoms with Crippen LogP contribution in [0.2, 0.25) is 0 Å². The van der Waals surface area contributed by atoms with Gasteiger partial charge >= 0.3 is 0 Å². The number of rotatable bonds is 12. The molecular weight excluding hydrogens is 521 g/mol. The first-order valence-electron chi connectivity index (χ1n) is 13.1. The van der Waals surface area contributed by atoms with E-state index >= 15 is 0 Å². The molecule has 39 heavy (non-hydrogen) atoms. The first-order chi connectivity index (χ1) is 19.3. The highest BCUT2D eigenvalue weighted by Gasteiger charge is 2.12. The minimum atomic E-state index is 0.890. The summed E-state index contributed by atoms with van der Waals surface area (Å²) in [7, 11) is 0. The normalized spacial score (nSPS) is 11.3. The van der Waals surface area contributed by atoms with E-state index in [0.717, 1.165) is 75.0 Å². The third-order valence-electron chi connectivity index (χ3n) is 6.45. The van der Waals surface area contributed by atoms with Crippen LogP contribution in [0.15, 0.2) is 109 Å². The number of nitrogens with one attached hydrogen (secondary N) is 2. The average molecular weight is 551 g/mol. The van der Waals surface area contributed by atoms with Crippen molar-refractivity contribution in [2.75, 3.05) is 27.2 Å². The lowest BCUT2D eigenvalue weighted by atomic mass is 10.3. The van der Waals surface area contributed by atoms with Crippen LogP contribution in [0.5, 0.6) is 0 Å². The molecule has 6 nitrogen and oxygen atoms in total. The van der Waals surface area contributed by atoms with Crippen LogP contribution < -0.4 is 10.6 Å². The molecule has 0 fully saturated rings. The summed E-state index contributed by atoms with van der Waals surface area (Å²) in [4.78, 5) is 9.70. The maximum atomic E-state index is 4.85. The molecule has 0 aliphatic heterocycles. The van der Waals surface area contributed by atoms with E-state index in [1.807, 2.05) is 72.1 Å². The summed E-state index contributed by atoms with van der Waals surface area (Å²) in [5.41, 5.74) is 6.45. The first-order valence-corrected chi connectivity index (χ1v) is 15.4. The predicted molar refractivity (Wildman–Crippen MR) is 169 cm³/mol. The number of fused-ring (bicyclic) bond motifs is 2. The van der Waals surface area contributed by atoms with Gasteiger partial charge in [0.2, 0.25) is 11.9 Å². The Hall–Kier alpha value is -3.88. The molecule has 196 valence electrons. The van der Waals surface area contributed by atoms with E-state index in [2.05, 4.69) is 80.4 Å². The van der Waals surface area contributed by atoms with Gasteiger partial charge in [-0.1, -0.05) is 60.7 Å². The number of aryl methyl sites for hydroxylation is 2. The molecule has 8 heteroatoms. The van der Waals surface area contributed by atoms with Gasteiger partial charge in [-0.05, 0) is 48.5 Å². The van der Waals surface area contributed by atoms with Crippen molar-refractivity contribution >= 4 is 68.9 Å². The second kappa shape index (κ2) is 12.3. The maximum Gasteiger partial charge on any atom is 0.208 e. The molecule has 2 N–H and O–H groups in total. The molecule has 0 aliphatic rings. The van der Waals surface area contributed by atoms with Gasteiger partial charge in [-0.25, -0.2) is 9.97 Å². The molecule has 0 aliphatic carbocycles. The molecular formula is C31H30N6S2. The Balaban J connectivity index is 1.04. The summed E-state index contributed by atoms with van der Waals surface area (Å²) < 4.78 is 4.58. The van der Waals surface area contributed by atoms with E-state index in [0.29, 0.717) is 0 Å². The van der Waals surface area contributed by atoms with Crippen LogP contribution in [0.3, 0.4) is 0 Å². The van der Waals surface area contributed by atoms with Gasteiger partial charge in [-0.3, -0.25) is 0 Å². The zero-order chi connectivity index (χ0) is 26.3. The minimum absolute atomic E-state index is 0.890. The van der Waals surface area contributed by atoms with Crippen molar-refractivity contribution in [3.63, 3.8) is 0 Å². The van der Waals surface area contributed by atoms with Gasteiger partial charge in [-0.2, -0.15) is 0 Å². The number of imidazole rings is 2. The molecule has 0 atom stereocenters. The molecule has 2 aromatic heterocycles. The Morgan fingerprint density at radius 2 is 0.923 bits per heavy atom. The van der Waals surface area contributed by atoms with Crippen LogP contribution in [0.4, 0.5) is 23.3 Å². The van der Waals surface area contributed by atoms with Crippen molar-refractivity contribution in [1.29, 1.82) is 0 Å². The quantitative estimate of drug-likeness (QED) is 0.119. The molecule has 0 saturated carbocycles. The van der Waals surface area contributed by atoms with E-state index in [1.165, 1.54) is 0 Å². The minimum Gasteiger partial charge on any atom is -0.326 e. The van der Waals surface area contributed by atoms with E-state index < -0.39 is 0 Å². The molecule has 0 radical (unpaired) electrons. The molecule has 0 saturated heterocycles. The molecule has 4 aromatic carbocycles. The number of benzene rings is 4. The van der Waals surface area contributed by atoms with Gasteiger partial charge < -0.3 is 19.8 Å². The predicted octanol–water partition coefficient (Wildman–Crippen LogP) is 8.00. The molecule has 0 amide bonds. The smallest absolute Gasteiger partial charge is 0.208 e. The molecule has 0 spiro atoms. The number of para-hydroxylation sites is 6. The third kappa shape index (κ3) is 6.08. The standard InChI is InChI=1S/C31H30N6S2/c1-3-11-24(12-4-1)32-30-34-26-15-7-9-17-28(26)36(30)19-21-38-23-39-22-20-37-29-18-10-8-16-27(29)35-31(37)33-25-13-5-2-6-14-25/h1-18H,19-23H2,(H,32,34)(H,33,35). The molecule has 6 aromatic rings. The topological polar surface area (TPSA) is 59.7 Å². The molecule has 2 heterocycles. The fraction of sp³-hybridized carbons (Fsp3) is 0.161. The SMILES string of the molecule is c1ccc(Nc2nc3ccccc3n2CCSCSCCn2c(Nc3ccccc3)nc3ccccc32)cc1. The van der Waals surface area contributed by atoms with E-state index in [1.54, 1.807) is 0 Å². The summed E-state index contributed by atoms with van der Waals surface area (Å²) in [6, 6.07) is 37.2. The highest BCUT2D eigenvalue weighted by Crippen LogP contribution is 2.26. The molecule has 6 rings (SSSR count). The van der Waals surface area contributed by atoms with E-state index in [9.17, 15) is 0 Å². The third-order valence-corrected chi connectivity index (χ3v) is 8.73. The van der Waals surface area contributed by atoms with Crippen molar-refractivity contribution < 1.29 is 0 Å². The van der Waals surface area contributed by atoms with Gasteiger partial charge in [0.15, 0.2) is 0 Å². The largest absolute Gasteiger partial charge is 0.326 e. The van der Waals surface area contributed by atoms with Crippen molar-refractivity contribution in [3.05, 3.63) is 109 Å². The number of thioether (sulfide) groups is 2. The molecule has 0 unspecified atom stereocenters. The van der Waals surface area contributed by atoms with Crippen molar-refractivity contribution in [1.82, 2.24) is 19.1 Å². The Kier molecular flexibility index (Phi) is 8.02. The Morgan fingerprint density at radius 1 is 0.513 bits per heavy atom. The Morgan fingerprint density at radius 3 is 1.38 bits per heavy atom. The van der Waals surface area contributed by atoms with Crippen LogP contribution in [-0.4, -0.2) is 35.7 Å². The number of nitrogens with zero attached hydrogens (tertiary/aromatic N) is 4. The fourth-order valence-corrected chi connectivity index (χ4v) is 6.62. The fourth-order valence-electron chi connectivity index (χ4n) is 4.58. The highest BCUT2D eigenvalue weighted by atomic mass is 32.2. The number of hydrogen-bond acceptors (Lipinski definition) is 6. The van der Waals surface area contributed by atoms with Crippen molar-refractivity contribution in [2.45, 2.75) is 13.1 Å².